The quantitative estimate of drug-likeness (QED) is 0.639. The van der Waals surface area contributed by atoms with Gasteiger partial charge in [0.05, 0.1) is 4.88 Å². The highest BCUT2D eigenvalue weighted by atomic mass is 32.1. The predicted molar refractivity (Wildman–Crippen MR) is 115 cm³/mol. The summed E-state index contributed by atoms with van der Waals surface area (Å²) in [6.07, 6.45) is 6.48. The molecule has 2 aliphatic rings. The van der Waals surface area contributed by atoms with Crippen molar-refractivity contribution in [2.24, 2.45) is 5.92 Å². The van der Waals surface area contributed by atoms with Gasteiger partial charge in [0, 0.05) is 25.6 Å². The van der Waals surface area contributed by atoms with Crippen LogP contribution in [0.5, 0.6) is 0 Å². The van der Waals surface area contributed by atoms with Crippen LogP contribution in [0, 0.1) is 5.92 Å². The van der Waals surface area contributed by atoms with E-state index in [0.29, 0.717) is 18.4 Å². The van der Waals surface area contributed by atoms with Crippen molar-refractivity contribution in [2.75, 3.05) is 32.7 Å². The van der Waals surface area contributed by atoms with E-state index in [4.69, 9.17) is 0 Å². The molecule has 1 aromatic rings. The zero-order valence-corrected chi connectivity index (χ0v) is 18.2. The highest BCUT2D eigenvalue weighted by Crippen LogP contribution is 2.24. The summed E-state index contributed by atoms with van der Waals surface area (Å²) in [5.74, 6) is 1.04. The van der Waals surface area contributed by atoms with Gasteiger partial charge in [-0.3, -0.25) is 19.4 Å². The van der Waals surface area contributed by atoms with E-state index < -0.39 is 0 Å². The minimum Gasteiger partial charge on any atom is -0.355 e. The minimum absolute atomic E-state index is 0.156. The van der Waals surface area contributed by atoms with Gasteiger partial charge in [-0.05, 0) is 88.1 Å². The molecule has 2 aliphatic heterocycles. The number of amides is 1. The molecule has 5 nitrogen and oxygen atoms in total. The van der Waals surface area contributed by atoms with Crippen LogP contribution in [-0.4, -0.2) is 60.3 Å². The van der Waals surface area contributed by atoms with Gasteiger partial charge in [0.2, 0.25) is 5.91 Å². The summed E-state index contributed by atoms with van der Waals surface area (Å²) in [5.41, 5.74) is 1.25. The molecular weight excluding hydrogens is 370 g/mol. The second-order valence-corrected chi connectivity index (χ2v) is 9.27. The molecule has 0 radical (unpaired) electrons. The molecule has 6 heteroatoms. The van der Waals surface area contributed by atoms with Crippen molar-refractivity contribution in [3.05, 3.63) is 21.9 Å². The molecule has 0 bridgehead atoms. The molecule has 1 N–H and O–H groups in total. The van der Waals surface area contributed by atoms with Gasteiger partial charge in [-0.1, -0.05) is 6.92 Å². The molecule has 28 heavy (non-hydrogen) atoms. The number of carbonyl (C=O) groups is 2. The second-order valence-electron chi connectivity index (χ2n) is 8.36. The van der Waals surface area contributed by atoms with E-state index in [1.807, 2.05) is 6.07 Å². The summed E-state index contributed by atoms with van der Waals surface area (Å²) in [4.78, 5) is 29.5. The van der Waals surface area contributed by atoms with E-state index in [2.05, 4.69) is 27.4 Å². The van der Waals surface area contributed by atoms with E-state index in [0.717, 1.165) is 44.0 Å². The summed E-state index contributed by atoms with van der Waals surface area (Å²) >= 11 is 1.55. The number of hydrogen-bond donors (Lipinski definition) is 1. The Morgan fingerprint density at radius 1 is 1.21 bits per heavy atom. The number of Topliss-reactive ketones (excluding diaryl/α,β-unsaturated/α-hetero) is 1. The van der Waals surface area contributed by atoms with E-state index in [1.54, 1.807) is 18.3 Å². The summed E-state index contributed by atoms with van der Waals surface area (Å²) in [7, 11) is 0. The topological polar surface area (TPSA) is 52.7 Å². The van der Waals surface area contributed by atoms with Gasteiger partial charge in [0.1, 0.15) is 0 Å². The average Bonchev–Trinajstić information content (AvgIpc) is 3.35. The Kier molecular flexibility index (Phi) is 8.06. The fraction of sp³-hybridized carbons (Fsp3) is 0.727. The molecule has 2 fully saturated rings. The smallest absolute Gasteiger partial charge is 0.220 e. The summed E-state index contributed by atoms with van der Waals surface area (Å²) in [6, 6.07) is 2.57. The molecule has 1 aromatic heterocycles. The Hall–Kier alpha value is -1.24. The normalized spacial score (nSPS) is 21.9. The van der Waals surface area contributed by atoms with Crippen LogP contribution in [0.1, 0.15) is 67.6 Å². The average molecular weight is 406 g/mol. The fourth-order valence-corrected chi connectivity index (χ4v) is 5.34. The van der Waals surface area contributed by atoms with Crippen LogP contribution >= 0.6 is 11.3 Å². The second kappa shape index (κ2) is 10.5. The standard InChI is InChI=1S/C22H35N3O2S/c1-3-25-10-4-5-20(25)14-23-22(27)7-6-18-8-11-24(12-9-18)15-19-13-21(17(2)26)28-16-19/h13,16,18,20H,3-12,14-15H2,1-2H3,(H,23,27)/t20-/m1/s1. The molecule has 2 saturated heterocycles. The Morgan fingerprint density at radius 2 is 2.00 bits per heavy atom. The van der Waals surface area contributed by atoms with E-state index in [-0.39, 0.29) is 11.7 Å². The number of thiophene rings is 1. The number of nitrogens with zero attached hydrogens (tertiary/aromatic N) is 2. The molecule has 3 heterocycles. The Balaban J connectivity index is 1.30. The van der Waals surface area contributed by atoms with Crippen LogP contribution in [0.4, 0.5) is 0 Å². The zero-order chi connectivity index (χ0) is 19.9. The first-order valence-electron chi connectivity index (χ1n) is 10.9. The monoisotopic (exact) mass is 405 g/mol. The molecule has 0 aromatic carbocycles. The fourth-order valence-electron chi connectivity index (χ4n) is 4.53. The van der Waals surface area contributed by atoms with Crippen molar-refractivity contribution in [2.45, 2.75) is 65.0 Å². The van der Waals surface area contributed by atoms with Crippen LogP contribution in [0.15, 0.2) is 11.4 Å². The first kappa shape index (κ1) is 21.5. The number of carbonyl (C=O) groups excluding carboxylic acids is 2. The van der Waals surface area contributed by atoms with Crippen LogP contribution in [0.3, 0.4) is 0 Å². The van der Waals surface area contributed by atoms with Crippen molar-refractivity contribution in [1.29, 1.82) is 0 Å². The molecule has 1 atom stereocenters. The molecular formula is C22H35N3O2S. The van der Waals surface area contributed by atoms with E-state index in [1.165, 1.54) is 37.8 Å². The van der Waals surface area contributed by atoms with Crippen LogP contribution < -0.4 is 5.32 Å². The predicted octanol–water partition coefficient (Wildman–Crippen LogP) is 3.54. The van der Waals surface area contributed by atoms with Gasteiger partial charge in [-0.15, -0.1) is 11.3 Å². The maximum Gasteiger partial charge on any atom is 0.220 e. The zero-order valence-electron chi connectivity index (χ0n) is 17.4. The number of hydrogen-bond acceptors (Lipinski definition) is 5. The number of nitrogens with one attached hydrogen (secondary N) is 1. The van der Waals surface area contributed by atoms with Gasteiger partial charge < -0.3 is 5.32 Å². The lowest BCUT2D eigenvalue weighted by atomic mass is 9.92. The third-order valence-electron chi connectivity index (χ3n) is 6.33. The SMILES string of the molecule is CCN1CCC[C@@H]1CNC(=O)CCC1CCN(Cc2csc(C(C)=O)c2)CC1. The first-order valence-corrected chi connectivity index (χ1v) is 11.7. The Morgan fingerprint density at radius 3 is 2.68 bits per heavy atom. The Bertz CT molecular complexity index is 652. The lowest BCUT2D eigenvalue weighted by Gasteiger charge is -2.31. The lowest BCUT2D eigenvalue weighted by molar-refractivity contribution is -0.121. The van der Waals surface area contributed by atoms with Crippen molar-refractivity contribution >= 4 is 23.0 Å². The van der Waals surface area contributed by atoms with Crippen molar-refractivity contribution in [3.63, 3.8) is 0 Å². The molecule has 0 aliphatic carbocycles. The summed E-state index contributed by atoms with van der Waals surface area (Å²) in [6.45, 7) is 10.0. The third-order valence-corrected chi connectivity index (χ3v) is 7.41. The number of likely N-dealkylation sites (N-methyl/N-ethyl adjacent to an activating group) is 1. The number of piperidine rings is 1. The summed E-state index contributed by atoms with van der Waals surface area (Å²) < 4.78 is 0. The molecule has 1 amide bonds. The third kappa shape index (κ3) is 6.13. The molecule has 0 spiro atoms. The highest BCUT2D eigenvalue weighted by Gasteiger charge is 2.24. The largest absolute Gasteiger partial charge is 0.355 e. The van der Waals surface area contributed by atoms with Crippen LogP contribution in [0.25, 0.3) is 0 Å². The van der Waals surface area contributed by atoms with Gasteiger partial charge >= 0.3 is 0 Å². The number of rotatable bonds is 9. The van der Waals surface area contributed by atoms with Gasteiger partial charge in [-0.25, -0.2) is 0 Å². The van der Waals surface area contributed by atoms with Crippen molar-refractivity contribution < 1.29 is 9.59 Å². The van der Waals surface area contributed by atoms with Gasteiger partial charge in [-0.2, -0.15) is 0 Å². The number of ketones is 1. The van der Waals surface area contributed by atoms with Gasteiger partial charge in [0.15, 0.2) is 5.78 Å². The van der Waals surface area contributed by atoms with Crippen molar-refractivity contribution in [1.82, 2.24) is 15.1 Å². The van der Waals surface area contributed by atoms with E-state index in [9.17, 15) is 9.59 Å². The lowest BCUT2D eigenvalue weighted by Crippen LogP contribution is -2.40. The maximum atomic E-state index is 12.2. The van der Waals surface area contributed by atoms with Crippen LogP contribution in [-0.2, 0) is 11.3 Å². The maximum absolute atomic E-state index is 12.2. The number of likely N-dealkylation sites (tertiary alicyclic amines) is 2. The van der Waals surface area contributed by atoms with E-state index >= 15 is 0 Å². The molecule has 156 valence electrons. The molecule has 3 rings (SSSR count). The van der Waals surface area contributed by atoms with Crippen molar-refractivity contribution in [3.8, 4) is 0 Å². The summed E-state index contributed by atoms with van der Waals surface area (Å²) in [5, 5.41) is 5.27. The molecule has 0 unspecified atom stereocenters. The molecule has 0 saturated carbocycles. The minimum atomic E-state index is 0.156. The van der Waals surface area contributed by atoms with Crippen LogP contribution in [0.2, 0.25) is 0 Å². The first-order chi connectivity index (χ1) is 13.5. The highest BCUT2D eigenvalue weighted by molar-refractivity contribution is 7.12. The van der Waals surface area contributed by atoms with Gasteiger partial charge in [0.25, 0.3) is 0 Å². The Labute approximate surface area is 173 Å².